The highest BCUT2D eigenvalue weighted by Crippen LogP contribution is 2.17. The molecule has 26 heavy (non-hydrogen) atoms. The molecule has 148 valence electrons. The quantitative estimate of drug-likeness (QED) is 0.579. The Morgan fingerprint density at radius 3 is 2.77 bits per heavy atom. The zero-order chi connectivity index (χ0) is 19.3. The number of nitrogens with zero attached hydrogens (tertiary/aromatic N) is 4. The van der Waals surface area contributed by atoms with Crippen LogP contribution in [0.15, 0.2) is 4.99 Å². The first-order valence-electron chi connectivity index (χ1n) is 9.57. The van der Waals surface area contributed by atoms with Gasteiger partial charge in [-0.25, -0.2) is 9.67 Å². The second-order valence-electron chi connectivity index (χ2n) is 8.03. The van der Waals surface area contributed by atoms with Crippen molar-refractivity contribution in [2.75, 3.05) is 18.8 Å². The van der Waals surface area contributed by atoms with Gasteiger partial charge in [-0.05, 0) is 34.1 Å². The number of aryl methyl sites for hydroxylation is 1. The molecular weight excluding hydrogens is 348 g/mol. The fourth-order valence-corrected chi connectivity index (χ4v) is 3.62. The summed E-state index contributed by atoms with van der Waals surface area (Å²) in [6, 6.07) is 0.273. The zero-order valence-electron chi connectivity index (χ0n) is 17.0. The van der Waals surface area contributed by atoms with Crippen LogP contribution in [-0.2, 0) is 23.8 Å². The summed E-state index contributed by atoms with van der Waals surface area (Å²) in [6.07, 6.45) is 1.93. The Morgan fingerprint density at radius 1 is 1.42 bits per heavy atom. The summed E-state index contributed by atoms with van der Waals surface area (Å²) in [6.45, 7) is 14.4. The normalized spacial score (nSPS) is 19.3. The van der Waals surface area contributed by atoms with E-state index >= 15 is 0 Å². The molecule has 2 N–H and O–H groups in total. The molecule has 1 aliphatic heterocycles. The van der Waals surface area contributed by atoms with Crippen LogP contribution >= 0.6 is 0 Å². The maximum atomic E-state index is 12.2. The molecule has 0 fully saturated rings. The fourth-order valence-electron chi connectivity index (χ4n) is 2.75. The minimum atomic E-state index is -0.881. The molecule has 0 saturated heterocycles. The third kappa shape index (κ3) is 5.79. The molecule has 8 heteroatoms. The molecule has 0 aromatic carbocycles. The minimum Gasteiger partial charge on any atom is -0.357 e. The number of guanidine groups is 1. The Labute approximate surface area is 159 Å². The monoisotopic (exact) mass is 382 g/mol. The largest absolute Gasteiger partial charge is 0.357 e. The van der Waals surface area contributed by atoms with E-state index in [1.807, 2.05) is 25.5 Å². The van der Waals surface area contributed by atoms with Gasteiger partial charge in [-0.1, -0.05) is 13.8 Å². The first kappa shape index (κ1) is 20.9. The highest BCUT2D eigenvalue weighted by Gasteiger charge is 2.23. The number of aromatic nitrogens is 3. The first-order chi connectivity index (χ1) is 12.2. The van der Waals surface area contributed by atoms with E-state index in [4.69, 9.17) is 0 Å². The van der Waals surface area contributed by atoms with Crippen LogP contribution in [0.5, 0.6) is 0 Å². The predicted octanol–water partition coefficient (Wildman–Crippen LogP) is 1.82. The van der Waals surface area contributed by atoms with Crippen LogP contribution in [0, 0.1) is 0 Å². The van der Waals surface area contributed by atoms with Crippen LogP contribution < -0.4 is 10.6 Å². The van der Waals surface area contributed by atoms with Crippen LogP contribution in [0.1, 0.15) is 65.5 Å². The number of hydrogen-bond acceptors (Lipinski definition) is 4. The highest BCUT2D eigenvalue weighted by atomic mass is 32.2. The SMILES string of the molecule is CCNC(=NCCS(=O)C(C)(C)C)NC1CCc2nc(C(C)C)nn2C1. The van der Waals surface area contributed by atoms with Gasteiger partial charge in [0.05, 0.1) is 13.1 Å². The van der Waals surface area contributed by atoms with E-state index in [0.29, 0.717) is 18.2 Å². The smallest absolute Gasteiger partial charge is 0.191 e. The van der Waals surface area contributed by atoms with Gasteiger partial charge in [-0.15, -0.1) is 0 Å². The van der Waals surface area contributed by atoms with Gasteiger partial charge >= 0.3 is 0 Å². The van der Waals surface area contributed by atoms with Crippen LogP contribution in [0.2, 0.25) is 0 Å². The van der Waals surface area contributed by atoms with Crippen LogP contribution in [0.25, 0.3) is 0 Å². The van der Waals surface area contributed by atoms with Crippen molar-refractivity contribution in [2.24, 2.45) is 4.99 Å². The second-order valence-corrected chi connectivity index (χ2v) is 10.3. The Morgan fingerprint density at radius 2 is 2.15 bits per heavy atom. The van der Waals surface area contributed by atoms with Crippen LogP contribution in [0.3, 0.4) is 0 Å². The van der Waals surface area contributed by atoms with Gasteiger partial charge in [0.2, 0.25) is 0 Å². The summed E-state index contributed by atoms with van der Waals surface area (Å²) in [5.74, 6) is 3.72. The lowest BCUT2D eigenvalue weighted by molar-refractivity contribution is 0.391. The lowest BCUT2D eigenvalue weighted by Crippen LogP contribution is -2.47. The molecule has 1 aromatic rings. The van der Waals surface area contributed by atoms with Crippen molar-refractivity contribution >= 4 is 16.8 Å². The van der Waals surface area contributed by atoms with Gasteiger partial charge in [0.1, 0.15) is 5.82 Å². The van der Waals surface area contributed by atoms with Gasteiger partial charge < -0.3 is 10.6 Å². The highest BCUT2D eigenvalue weighted by molar-refractivity contribution is 7.86. The van der Waals surface area contributed by atoms with E-state index in [2.05, 4.69) is 46.5 Å². The molecule has 0 aliphatic carbocycles. The van der Waals surface area contributed by atoms with Gasteiger partial charge in [-0.3, -0.25) is 9.20 Å². The molecule has 1 aliphatic rings. The summed E-state index contributed by atoms with van der Waals surface area (Å²) >= 11 is 0. The molecule has 2 atom stereocenters. The van der Waals surface area contributed by atoms with E-state index in [9.17, 15) is 4.21 Å². The molecule has 0 amide bonds. The van der Waals surface area contributed by atoms with E-state index in [0.717, 1.165) is 43.5 Å². The van der Waals surface area contributed by atoms with Crippen LogP contribution in [0.4, 0.5) is 0 Å². The Balaban J connectivity index is 1.94. The minimum absolute atomic E-state index is 0.192. The molecule has 2 unspecified atom stereocenters. The Hall–Kier alpha value is -1.44. The Kier molecular flexibility index (Phi) is 7.20. The summed E-state index contributed by atoms with van der Waals surface area (Å²) in [5.41, 5.74) is 0. The molecule has 7 nitrogen and oxygen atoms in total. The number of fused-ring (bicyclic) bond motifs is 1. The number of hydrogen-bond donors (Lipinski definition) is 2. The van der Waals surface area contributed by atoms with Crippen LogP contribution in [-0.4, -0.2) is 54.6 Å². The summed E-state index contributed by atoms with van der Waals surface area (Å²) in [4.78, 5) is 9.24. The molecule has 0 bridgehead atoms. The average molecular weight is 383 g/mol. The number of aliphatic imine (C=N–C) groups is 1. The van der Waals surface area contributed by atoms with Crippen molar-refractivity contribution in [3.05, 3.63) is 11.6 Å². The average Bonchev–Trinajstić information content (AvgIpc) is 2.97. The van der Waals surface area contributed by atoms with Crippen molar-refractivity contribution in [3.63, 3.8) is 0 Å². The fraction of sp³-hybridized carbons (Fsp3) is 0.833. The number of rotatable bonds is 6. The van der Waals surface area contributed by atoms with Gasteiger partial charge in [0.25, 0.3) is 0 Å². The molecule has 0 radical (unpaired) electrons. The molecule has 2 rings (SSSR count). The zero-order valence-corrected chi connectivity index (χ0v) is 17.8. The number of nitrogens with one attached hydrogen (secondary N) is 2. The lowest BCUT2D eigenvalue weighted by atomic mass is 10.1. The molecule has 0 saturated carbocycles. The molecule has 2 heterocycles. The third-order valence-electron chi connectivity index (χ3n) is 4.31. The third-order valence-corrected chi connectivity index (χ3v) is 6.22. The van der Waals surface area contributed by atoms with Crippen molar-refractivity contribution in [1.29, 1.82) is 0 Å². The lowest BCUT2D eigenvalue weighted by Gasteiger charge is -2.25. The molecular formula is C18H34N6OS. The van der Waals surface area contributed by atoms with E-state index in [-0.39, 0.29) is 10.8 Å². The van der Waals surface area contributed by atoms with Gasteiger partial charge in [0, 0.05) is 46.2 Å². The summed E-state index contributed by atoms with van der Waals surface area (Å²) < 4.78 is 14.0. The topological polar surface area (TPSA) is 84.2 Å². The first-order valence-corrected chi connectivity index (χ1v) is 10.9. The van der Waals surface area contributed by atoms with Crippen molar-refractivity contribution in [3.8, 4) is 0 Å². The van der Waals surface area contributed by atoms with Gasteiger partial charge in [0.15, 0.2) is 11.8 Å². The van der Waals surface area contributed by atoms with E-state index in [1.165, 1.54) is 0 Å². The molecule has 1 aromatic heterocycles. The van der Waals surface area contributed by atoms with Crippen molar-refractivity contribution in [1.82, 2.24) is 25.4 Å². The summed E-state index contributed by atoms with van der Waals surface area (Å²) in [7, 11) is -0.881. The van der Waals surface area contributed by atoms with Gasteiger partial charge in [-0.2, -0.15) is 5.10 Å². The summed E-state index contributed by atoms with van der Waals surface area (Å²) in [5, 5.41) is 11.4. The Bertz CT molecular complexity index is 647. The predicted molar refractivity (Wildman–Crippen MR) is 108 cm³/mol. The van der Waals surface area contributed by atoms with E-state index in [1.54, 1.807) is 0 Å². The molecule has 0 spiro atoms. The van der Waals surface area contributed by atoms with Crippen molar-refractivity contribution in [2.45, 2.75) is 77.6 Å². The standard InChI is InChI=1S/C18H34N6OS/c1-7-19-17(20-10-11-26(25)18(4,5)6)21-14-8-9-15-22-16(13(2)3)23-24(15)12-14/h13-14H,7-12H2,1-6H3,(H2,19,20,21). The maximum absolute atomic E-state index is 12.2. The second kappa shape index (κ2) is 8.97. The van der Waals surface area contributed by atoms with Crippen molar-refractivity contribution < 1.29 is 4.21 Å². The maximum Gasteiger partial charge on any atom is 0.191 e. The van der Waals surface area contributed by atoms with E-state index < -0.39 is 10.8 Å².